The van der Waals surface area contributed by atoms with Crippen LogP contribution in [0.15, 0.2) is 12.2 Å². The lowest BCUT2D eigenvalue weighted by Gasteiger charge is -2.29. The van der Waals surface area contributed by atoms with Crippen molar-refractivity contribution < 1.29 is 19.0 Å². The van der Waals surface area contributed by atoms with Gasteiger partial charge in [-0.2, -0.15) is 0 Å². The van der Waals surface area contributed by atoms with Crippen molar-refractivity contribution in [3.8, 4) is 0 Å². The molecule has 1 saturated carbocycles. The van der Waals surface area contributed by atoms with Gasteiger partial charge in [0.05, 0.1) is 12.5 Å². The summed E-state index contributed by atoms with van der Waals surface area (Å²) < 4.78 is 16.2. The SMILES string of the molecule is COCOC(CC(=O)OC(C)(C)C)C1CC2C=CC1C2. The molecule has 0 heterocycles. The van der Waals surface area contributed by atoms with Crippen LogP contribution in [0.4, 0.5) is 0 Å². The molecule has 1 fully saturated rings. The zero-order valence-corrected chi connectivity index (χ0v) is 12.9. The molecule has 4 atom stereocenters. The maximum absolute atomic E-state index is 12.0. The largest absolute Gasteiger partial charge is 0.460 e. The Hall–Kier alpha value is -0.870. The van der Waals surface area contributed by atoms with Crippen molar-refractivity contribution in [2.75, 3.05) is 13.9 Å². The van der Waals surface area contributed by atoms with Gasteiger partial charge in [0, 0.05) is 7.11 Å². The highest BCUT2D eigenvalue weighted by Gasteiger charge is 2.41. The van der Waals surface area contributed by atoms with Crippen LogP contribution in [0.1, 0.15) is 40.0 Å². The summed E-state index contributed by atoms with van der Waals surface area (Å²) in [4.78, 5) is 12.0. The van der Waals surface area contributed by atoms with Crippen molar-refractivity contribution in [2.45, 2.75) is 51.7 Å². The number of esters is 1. The number of carbonyl (C=O) groups is 1. The van der Waals surface area contributed by atoms with Gasteiger partial charge in [-0.3, -0.25) is 4.79 Å². The molecule has 2 bridgehead atoms. The second-order valence-electron chi connectivity index (χ2n) is 6.85. The Labute approximate surface area is 121 Å². The minimum atomic E-state index is -0.447. The van der Waals surface area contributed by atoms with Gasteiger partial charge in [-0.25, -0.2) is 0 Å². The Balaban J connectivity index is 1.93. The lowest BCUT2D eigenvalue weighted by Crippen LogP contribution is -2.33. The van der Waals surface area contributed by atoms with Gasteiger partial charge in [0.1, 0.15) is 12.4 Å². The van der Waals surface area contributed by atoms with Gasteiger partial charge in [0.15, 0.2) is 0 Å². The minimum Gasteiger partial charge on any atom is -0.460 e. The molecule has 0 aromatic carbocycles. The van der Waals surface area contributed by atoms with Crippen LogP contribution < -0.4 is 0 Å². The summed E-state index contributed by atoms with van der Waals surface area (Å²) in [5.41, 5.74) is -0.447. The second-order valence-corrected chi connectivity index (χ2v) is 6.85. The molecule has 114 valence electrons. The molecule has 0 N–H and O–H groups in total. The maximum Gasteiger partial charge on any atom is 0.308 e. The highest BCUT2D eigenvalue weighted by Crippen LogP contribution is 2.46. The number of methoxy groups -OCH3 is 1. The van der Waals surface area contributed by atoms with E-state index < -0.39 is 5.60 Å². The van der Waals surface area contributed by atoms with Crippen LogP contribution in [0.2, 0.25) is 0 Å². The Kier molecular flexibility index (Phi) is 4.86. The molecule has 4 unspecified atom stereocenters. The van der Waals surface area contributed by atoms with Gasteiger partial charge < -0.3 is 14.2 Å². The van der Waals surface area contributed by atoms with Crippen LogP contribution in [0.25, 0.3) is 0 Å². The lowest BCUT2D eigenvalue weighted by atomic mass is 9.87. The van der Waals surface area contributed by atoms with E-state index in [1.54, 1.807) is 7.11 Å². The summed E-state index contributed by atoms with van der Waals surface area (Å²) in [5.74, 6) is 1.43. The van der Waals surface area contributed by atoms with E-state index in [4.69, 9.17) is 14.2 Å². The van der Waals surface area contributed by atoms with Gasteiger partial charge in [-0.05, 0) is 51.4 Å². The minimum absolute atomic E-state index is 0.107. The van der Waals surface area contributed by atoms with Crippen LogP contribution in [0, 0.1) is 17.8 Å². The van der Waals surface area contributed by atoms with Gasteiger partial charge in [0.2, 0.25) is 0 Å². The molecular formula is C16H26O4. The molecule has 4 heteroatoms. The van der Waals surface area contributed by atoms with Crippen LogP contribution in [-0.4, -0.2) is 31.6 Å². The van der Waals surface area contributed by atoms with Gasteiger partial charge in [-0.1, -0.05) is 12.2 Å². The number of hydrogen-bond acceptors (Lipinski definition) is 4. The zero-order valence-electron chi connectivity index (χ0n) is 12.9. The average Bonchev–Trinajstić information content (AvgIpc) is 2.94. The standard InChI is InChI=1S/C16H26O4/c1-16(2,3)20-15(17)9-14(19-10-18-4)13-8-11-5-6-12(13)7-11/h5-6,11-14H,7-10H2,1-4H3. The lowest BCUT2D eigenvalue weighted by molar-refractivity contribution is -0.163. The van der Waals surface area contributed by atoms with E-state index in [-0.39, 0.29) is 18.9 Å². The smallest absolute Gasteiger partial charge is 0.308 e. The van der Waals surface area contributed by atoms with E-state index in [9.17, 15) is 4.79 Å². The van der Waals surface area contributed by atoms with E-state index >= 15 is 0 Å². The Morgan fingerprint density at radius 3 is 2.55 bits per heavy atom. The van der Waals surface area contributed by atoms with Crippen LogP contribution in [0.5, 0.6) is 0 Å². The first-order chi connectivity index (χ1) is 9.39. The average molecular weight is 282 g/mol. The third kappa shape index (κ3) is 4.06. The monoisotopic (exact) mass is 282 g/mol. The molecular weight excluding hydrogens is 256 g/mol. The summed E-state index contributed by atoms with van der Waals surface area (Å²) in [6, 6.07) is 0. The van der Waals surface area contributed by atoms with E-state index in [0.717, 1.165) is 6.42 Å². The summed E-state index contributed by atoms with van der Waals surface area (Å²) in [6.45, 7) is 5.88. The van der Waals surface area contributed by atoms with Gasteiger partial charge >= 0.3 is 5.97 Å². The molecule has 2 aliphatic rings. The number of rotatable bonds is 6. The van der Waals surface area contributed by atoms with Crippen LogP contribution >= 0.6 is 0 Å². The molecule has 0 spiro atoms. The molecule has 2 aliphatic carbocycles. The van der Waals surface area contributed by atoms with Crippen LogP contribution in [0.3, 0.4) is 0 Å². The summed E-state index contributed by atoms with van der Waals surface area (Å²) in [7, 11) is 1.60. The molecule has 20 heavy (non-hydrogen) atoms. The zero-order chi connectivity index (χ0) is 14.8. The molecule has 0 aromatic heterocycles. The first kappa shape index (κ1) is 15.5. The van der Waals surface area contributed by atoms with Crippen molar-refractivity contribution in [1.29, 1.82) is 0 Å². The number of allylic oxidation sites excluding steroid dienone is 2. The predicted octanol–water partition coefficient (Wildman–Crippen LogP) is 2.92. The van der Waals surface area contributed by atoms with Gasteiger partial charge in [0.25, 0.3) is 0 Å². The van der Waals surface area contributed by atoms with Crippen molar-refractivity contribution in [3.63, 3.8) is 0 Å². The third-order valence-corrected chi connectivity index (χ3v) is 4.00. The predicted molar refractivity (Wildman–Crippen MR) is 76.1 cm³/mol. The highest BCUT2D eigenvalue weighted by atomic mass is 16.7. The molecule has 0 amide bonds. The summed E-state index contributed by atoms with van der Waals surface area (Å²) >= 11 is 0. The number of ether oxygens (including phenoxy) is 3. The number of carbonyl (C=O) groups excluding carboxylic acids is 1. The van der Waals surface area contributed by atoms with E-state index in [1.165, 1.54) is 6.42 Å². The molecule has 0 saturated heterocycles. The summed E-state index contributed by atoms with van der Waals surface area (Å²) in [6.07, 6.45) is 7.08. The fourth-order valence-corrected chi connectivity index (χ4v) is 3.29. The Morgan fingerprint density at radius 2 is 2.05 bits per heavy atom. The topological polar surface area (TPSA) is 44.8 Å². The van der Waals surface area contributed by atoms with Crippen LogP contribution in [-0.2, 0) is 19.0 Å². The highest BCUT2D eigenvalue weighted by molar-refractivity contribution is 5.70. The van der Waals surface area contributed by atoms with Crippen molar-refractivity contribution in [1.82, 2.24) is 0 Å². The molecule has 4 nitrogen and oxygen atoms in total. The first-order valence-electron chi connectivity index (χ1n) is 7.40. The fourth-order valence-electron chi connectivity index (χ4n) is 3.29. The van der Waals surface area contributed by atoms with Gasteiger partial charge in [-0.15, -0.1) is 0 Å². The normalized spacial score (nSPS) is 29.7. The van der Waals surface area contributed by atoms with Crippen molar-refractivity contribution >= 4 is 5.97 Å². The van der Waals surface area contributed by atoms with Crippen molar-refractivity contribution in [3.05, 3.63) is 12.2 Å². The first-order valence-corrected chi connectivity index (χ1v) is 7.40. The molecule has 2 rings (SSSR count). The van der Waals surface area contributed by atoms with E-state index in [1.807, 2.05) is 20.8 Å². The quantitative estimate of drug-likeness (QED) is 0.427. The Bertz CT molecular complexity index is 369. The summed E-state index contributed by atoms with van der Waals surface area (Å²) in [5, 5.41) is 0. The third-order valence-electron chi connectivity index (χ3n) is 4.00. The molecule has 0 radical (unpaired) electrons. The Morgan fingerprint density at radius 1 is 1.30 bits per heavy atom. The maximum atomic E-state index is 12.0. The second kappa shape index (κ2) is 6.27. The van der Waals surface area contributed by atoms with E-state index in [0.29, 0.717) is 24.2 Å². The number of fused-ring (bicyclic) bond motifs is 2. The molecule has 0 aliphatic heterocycles. The fraction of sp³-hybridized carbons (Fsp3) is 0.812. The molecule has 0 aromatic rings. The van der Waals surface area contributed by atoms with Crippen molar-refractivity contribution in [2.24, 2.45) is 17.8 Å². The number of hydrogen-bond donors (Lipinski definition) is 0. The van der Waals surface area contributed by atoms with E-state index in [2.05, 4.69) is 12.2 Å².